The summed E-state index contributed by atoms with van der Waals surface area (Å²) in [5.41, 5.74) is 2.44. The van der Waals surface area contributed by atoms with E-state index < -0.39 is 5.82 Å². The summed E-state index contributed by atoms with van der Waals surface area (Å²) in [6.45, 7) is 1.94. The Morgan fingerprint density at radius 2 is 1.96 bits per heavy atom. The summed E-state index contributed by atoms with van der Waals surface area (Å²) in [4.78, 5) is 20.5. The van der Waals surface area contributed by atoms with Crippen LogP contribution in [0.5, 0.6) is 0 Å². The molecular formula is C18H14ClFN4O. The van der Waals surface area contributed by atoms with Gasteiger partial charge < -0.3 is 10.6 Å². The Bertz CT molecular complexity index is 932. The molecule has 0 aliphatic rings. The molecule has 0 aliphatic carbocycles. The van der Waals surface area contributed by atoms with E-state index in [1.54, 1.807) is 6.07 Å². The minimum atomic E-state index is -0.514. The fourth-order valence-corrected chi connectivity index (χ4v) is 2.35. The molecule has 3 rings (SSSR count). The van der Waals surface area contributed by atoms with Gasteiger partial charge in [0.2, 0.25) is 5.95 Å². The van der Waals surface area contributed by atoms with Crippen LogP contribution in [-0.2, 0) is 0 Å². The smallest absolute Gasteiger partial charge is 0.274 e. The van der Waals surface area contributed by atoms with E-state index >= 15 is 0 Å². The minimum absolute atomic E-state index is 0.0154. The fourth-order valence-electron chi connectivity index (χ4n) is 2.17. The predicted octanol–water partition coefficient (Wildman–Crippen LogP) is 4.57. The van der Waals surface area contributed by atoms with Gasteiger partial charge >= 0.3 is 0 Å². The highest BCUT2D eigenvalue weighted by Crippen LogP contribution is 2.21. The number of nitrogens with zero attached hydrogens (tertiary/aromatic N) is 2. The molecule has 7 heteroatoms. The van der Waals surface area contributed by atoms with Crippen molar-refractivity contribution in [3.8, 4) is 0 Å². The maximum absolute atomic E-state index is 13.2. The Hall–Kier alpha value is -2.99. The van der Waals surface area contributed by atoms with Crippen LogP contribution in [0.1, 0.15) is 16.1 Å². The first kappa shape index (κ1) is 16.9. The number of benzene rings is 2. The number of anilines is 3. The third-order valence-corrected chi connectivity index (χ3v) is 3.63. The monoisotopic (exact) mass is 356 g/mol. The van der Waals surface area contributed by atoms with E-state index in [2.05, 4.69) is 20.6 Å². The molecule has 1 aromatic heterocycles. The lowest BCUT2D eigenvalue weighted by Gasteiger charge is -2.08. The number of aryl methyl sites for hydroxylation is 1. The highest BCUT2D eigenvalue weighted by molar-refractivity contribution is 6.31. The number of carbonyl (C=O) groups excluding carboxylic acids is 1. The predicted molar refractivity (Wildman–Crippen MR) is 95.9 cm³/mol. The van der Waals surface area contributed by atoms with Gasteiger partial charge in [0.25, 0.3) is 5.91 Å². The molecule has 126 valence electrons. The first-order chi connectivity index (χ1) is 12.0. The van der Waals surface area contributed by atoms with Crippen molar-refractivity contribution in [2.75, 3.05) is 10.6 Å². The Labute approximate surface area is 148 Å². The Morgan fingerprint density at radius 3 is 2.72 bits per heavy atom. The summed E-state index contributed by atoms with van der Waals surface area (Å²) in [5.74, 6) is -0.660. The first-order valence-electron chi connectivity index (χ1n) is 7.44. The molecule has 25 heavy (non-hydrogen) atoms. The Kier molecular flexibility index (Phi) is 4.90. The highest BCUT2D eigenvalue weighted by Gasteiger charge is 2.10. The summed E-state index contributed by atoms with van der Waals surface area (Å²) >= 11 is 5.74. The van der Waals surface area contributed by atoms with Crippen LogP contribution in [-0.4, -0.2) is 15.9 Å². The maximum Gasteiger partial charge on any atom is 0.274 e. The molecule has 0 saturated carbocycles. The molecule has 0 saturated heterocycles. The van der Waals surface area contributed by atoms with Crippen LogP contribution >= 0.6 is 11.6 Å². The number of hydrogen-bond acceptors (Lipinski definition) is 4. The van der Waals surface area contributed by atoms with Gasteiger partial charge in [-0.2, -0.15) is 0 Å². The first-order valence-corrected chi connectivity index (χ1v) is 7.82. The molecule has 0 bridgehead atoms. The van der Waals surface area contributed by atoms with Crippen LogP contribution in [0.25, 0.3) is 0 Å². The molecule has 2 aromatic carbocycles. The van der Waals surface area contributed by atoms with Crippen molar-refractivity contribution in [3.63, 3.8) is 0 Å². The third kappa shape index (κ3) is 4.30. The summed E-state index contributed by atoms with van der Waals surface area (Å²) in [6.07, 6.45) is 1.46. The van der Waals surface area contributed by atoms with E-state index in [4.69, 9.17) is 11.6 Å². The van der Waals surface area contributed by atoms with Crippen LogP contribution in [0, 0.1) is 12.7 Å². The van der Waals surface area contributed by atoms with Crippen LogP contribution in [0.3, 0.4) is 0 Å². The second kappa shape index (κ2) is 7.27. The zero-order valence-electron chi connectivity index (χ0n) is 13.3. The zero-order chi connectivity index (χ0) is 17.8. The third-order valence-electron chi connectivity index (χ3n) is 3.34. The number of aromatic nitrogens is 2. The average Bonchev–Trinajstić information content (AvgIpc) is 2.58. The lowest BCUT2D eigenvalue weighted by atomic mass is 10.2. The summed E-state index contributed by atoms with van der Waals surface area (Å²) in [5, 5.41) is 5.65. The fraction of sp³-hybridized carbons (Fsp3) is 0.0556. The quantitative estimate of drug-likeness (QED) is 0.718. The van der Waals surface area contributed by atoms with Crippen molar-refractivity contribution >= 4 is 34.8 Å². The van der Waals surface area contributed by atoms with E-state index in [0.29, 0.717) is 11.4 Å². The number of nitrogens with one attached hydrogen (secondary N) is 2. The lowest BCUT2D eigenvalue weighted by molar-refractivity contribution is 0.102. The van der Waals surface area contributed by atoms with Crippen LogP contribution in [0.2, 0.25) is 5.02 Å². The molecule has 1 amide bonds. The number of amides is 1. The maximum atomic E-state index is 13.2. The van der Waals surface area contributed by atoms with E-state index in [-0.39, 0.29) is 22.6 Å². The molecule has 0 aliphatic heterocycles. The molecule has 3 aromatic rings. The standard InChI is InChI=1S/C18H14ClFN4O/c1-11-3-2-4-12(9-11)22-17(25)16-7-8-21-18(24-16)23-13-5-6-15(20)14(19)10-13/h2-10H,1H3,(H,22,25)(H,21,23,24). The van der Waals surface area contributed by atoms with E-state index in [9.17, 15) is 9.18 Å². The van der Waals surface area contributed by atoms with Crippen molar-refractivity contribution in [1.29, 1.82) is 0 Å². The molecular weight excluding hydrogens is 343 g/mol. The van der Waals surface area contributed by atoms with Gasteiger partial charge in [0.05, 0.1) is 5.02 Å². The minimum Gasteiger partial charge on any atom is -0.324 e. The molecule has 0 atom stereocenters. The molecule has 1 heterocycles. The number of hydrogen-bond donors (Lipinski definition) is 2. The molecule has 0 spiro atoms. The van der Waals surface area contributed by atoms with E-state index in [1.807, 2.05) is 25.1 Å². The van der Waals surface area contributed by atoms with Crippen molar-refractivity contribution in [3.05, 3.63) is 76.8 Å². The Balaban J connectivity index is 1.76. The van der Waals surface area contributed by atoms with Crippen molar-refractivity contribution in [1.82, 2.24) is 9.97 Å². The number of carbonyl (C=O) groups is 1. The molecule has 2 N–H and O–H groups in total. The van der Waals surface area contributed by atoms with Crippen molar-refractivity contribution in [2.24, 2.45) is 0 Å². The van der Waals surface area contributed by atoms with Crippen molar-refractivity contribution in [2.45, 2.75) is 6.92 Å². The van der Waals surface area contributed by atoms with Crippen LogP contribution in [0.15, 0.2) is 54.7 Å². The highest BCUT2D eigenvalue weighted by atomic mass is 35.5. The van der Waals surface area contributed by atoms with Gasteiger partial charge in [0.1, 0.15) is 11.5 Å². The van der Waals surface area contributed by atoms with E-state index in [1.165, 1.54) is 30.5 Å². The van der Waals surface area contributed by atoms with Gasteiger partial charge in [-0.3, -0.25) is 4.79 Å². The van der Waals surface area contributed by atoms with Gasteiger partial charge in [-0.05, 0) is 48.9 Å². The molecule has 5 nitrogen and oxygen atoms in total. The van der Waals surface area contributed by atoms with Gasteiger partial charge in [-0.25, -0.2) is 14.4 Å². The van der Waals surface area contributed by atoms with E-state index in [0.717, 1.165) is 5.56 Å². The topological polar surface area (TPSA) is 66.9 Å². The Morgan fingerprint density at radius 1 is 1.12 bits per heavy atom. The zero-order valence-corrected chi connectivity index (χ0v) is 14.0. The summed E-state index contributed by atoms with van der Waals surface area (Å²) in [7, 11) is 0. The largest absolute Gasteiger partial charge is 0.324 e. The SMILES string of the molecule is Cc1cccc(NC(=O)c2ccnc(Nc3ccc(F)c(Cl)c3)n2)c1. The molecule has 0 unspecified atom stereocenters. The van der Waals surface area contributed by atoms with Gasteiger partial charge in [-0.1, -0.05) is 23.7 Å². The lowest BCUT2D eigenvalue weighted by Crippen LogP contribution is -2.14. The second-order valence-corrected chi connectivity index (χ2v) is 5.75. The average molecular weight is 357 g/mol. The molecule has 0 radical (unpaired) electrons. The van der Waals surface area contributed by atoms with Gasteiger partial charge in [-0.15, -0.1) is 0 Å². The summed E-state index contributed by atoms with van der Waals surface area (Å²) < 4.78 is 13.2. The molecule has 0 fully saturated rings. The van der Waals surface area contributed by atoms with Gasteiger partial charge in [0.15, 0.2) is 0 Å². The normalized spacial score (nSPS) is 10.4. The number of halogens is 2. The van der Waals surface area contributed by atoms with Crippen LogP contribution < -0.4 is 10.6 Å². The van der Waals surface area contributed by atoms with Crippen molar-refractivity contribution < 1.29 is 9.18 Å². The van der Waals surface area contributed by atoms with Gasteiger partial charge in [0, 0.05) is 17.6 Å². The summed E-state index contributed by atoms with van der Waals surface area (Å²) in [6, 6.07) is 13.1. The second-order valence-electron chi connectivity index (χ2n) is 5.34. The number of rotatable bonds is 4. The van der Waals surface area contributed by atoms with Crippen LogP contribution in [0.4, 0.5) is 21.7 Å².